The number of fused-ring (bicyclic) bond motifs is 4. The standard InChI is InChI=1S/C20H14BrFN2O2/c21-14-6-13-16(7-15(14)22)23-10-17-18(13)20(19(25)24-17)8-12(9-20)26-11-4-2-1-3-5-11/h1-7,10,12H,8-9H2,(H,24,25). The van der Waals surface area contributed by atoms with Crippen molar-refractivity contribution in [2.75, 3.05) is 5.32 Å². The molecule has 6 heteroatoms. The Labute approximate surface area is 157 Å². The van der Waals surface area contributed by atoms with Gasteiger partial charge in [0.1, 0.15) is 17.7 Å². The maximum Gasteiger partial charge on any atom is 0.235 e. The molecule has 1 fully saturated rings. The maximum atomic E-state index is 13.9. The molecule has 130 valence electrons. The average Bonchev–Trinajstić information content (AvgIpc) is 2.90. The van der Waals surface area contributed by atoms with Gasteiger partial charge in [-0.15, -0.1) is 0 Å². The van der Waals surface area contributed by atoms with Crippen molar-refractivity contribution in [2.45, 2.75) is 24.4 Å². The molecule has 0 radical (unpaired) electrons. The Morgan fingerprint density at radius 3 is 2.77 bits per heavy atom. The van der Waals surface area contributed by atoms with Gasteiger partial charge in [0.05, 0.1) is 27.3 Å². The fourth-order valence-electron chi connectivity index (χ4n) is 4.03. The molecule has 1 spiro atoms. The van der Waals surface area contributed by atoms with Crippen molar-refractivity contribution < 1.29 is 13.9 Å². The molecule has 4 nitrogen and oxygen atoms in total. The van der Waals surface area contributed by atoms with E-state index in [-0.39, 0.29) is 17.8 Å². The summed E-state index contributed by atoms with van der Waals surface area (Å²) in [6.07, 6.45) is 2.77. The molecule has 0 atom stereocenters. The van der Waals surface area contributed by atoms with Crippen molar-refractivity contribution in [1.82, 2.24) is 4.98 Å². The molecule has 5 rings (SSSR count). The molecule has 3 aromatic rings. The fourth-order valence-corrected chi connectivity index (χ4v) is 4.38. The third-order valence-electron chi connectivity index (χ3n) is 5.27. The van der Waals surface area contributed by atoms with Crippen molar-refractivity contribution >= 4 is 38.4 Å². The first-order valence-electron chi connectivity index (χ1n) is 8.38. The lowest BCUT2D eigenvalue weighted by molar-refractivity contribution is -0.127. The first-order valence-corrected chi connectivity index (χ1v) is 9.17. The lowest BCUT2D eigenvalue weighted by atomic mass is 9.62. The quantitative estimate of drug-likeness (QED) is 0.670. The van der Waals surface area contributed by atoms with Crippen LogP contribution in [-0.2, 0) is 10.2 Å². The molecule has 26 heavy (non-hydrogen) atoms. The predicted octanol–water partition coefficient (Wildman–Crippen LogP) is 4.57. The Morgan fingerprint density at radius 1 is 1.23 bits per heavy atom. The molecule has 1 saturated carbocycles. The summed E-state index contributed by atoms with van der Waals surface area (Å²) < 4.78 is 20.2. The lowest BCUT2D eigenvalue weighted by Gasteiger charge is -2.43. The third-order valence-corrected chi connectivity index (χ3v) is 5.88. The van der Waals surface area contributed by atoms with Gasteiger partial charge in [-0.2, -0.15) is 0 Å². The second-order valence-electron chi connectivity index (χ2n) is 6.83. The van der Waals surface area contributed by atoms with E-state index in [4.69, 9.17) is 4.74 Å². The van der Waals surface area contributed by atoms with Crippen LogP contribution in [0.15, 0.2) is 53.1 Å². The lowest BCUT2D eigenvalue weighted by Crippen LogP contribution is -2.51. The number of carbonyl (C=O) groups is 1. The van der Waals surface area contributed by atoms with Crippen molar-refractivity contribution in [1.29, 1.82) is 0 Å². The predicted molar refractivity (Wildman–Crippen MR) is 99.8 cm³/mol. The number of benzene rings is 2. The van der Waals surface area contributed by atoms with Gasteiger partial charge in [-0.1, -0.05) is 18.2 Å². The fraction of sp³-hybridized carbons (Fsp3) is 0.200. The van der Waals surface area contributed by atoms with Crippen LogP contribution in [0.1, 0.15) is 18.4 Å². The molecule has 1 aliphatic carbocycles. The van der Waals surface area contributed by atoms with Gasteiger partial charge in [-0.05, 0) is 34.1 Å². The molecular weight excluding hydrogens is 399 g/mol. The van der Waals surface area contributed by atoms with Gasteiger partial charge in [0.15, 0.2) is 0 Å². The monoisotopic (exact) mass is 412 g/mol. The second-order valence-corrected chi connectivity index (χ2v) is 7.68. The van der Waals surface area contributed by atoms with Crippen LogP contribution >= 0.6 is 15.9 Å². The summed E-state index contributed by atoms with van der Waals surface area (Å²) in [5.74, 6) is 0.403. The van der Waals surface area contributed by atoms with Crippen molar-refractivity contribution in [3.05, 3.63) is 64.5 Å². The summed E-state index contributed by atoms with van der Waals surface area (Å²) in [5.41, 5.74) is 1.53. The first-order chi connectivity index (χ1) is 12.6. The zero-order valence-electron chi connectivity index (χ0n) is 13.6. The number of pyridine rings is 1. The summed E-state index contributed by atoms with van der Waals surface area (Å²) in [6.45, 7) is 0. The minimum Gasteiger partial charge on any atom is -0.490 e. The smallest absolute Gasteiger partial charge is 0.235 e. The molecule has 1 N–H and O–H groups in total. The molecule has 0 bridgehead atoms. The number of aromatic nitrogens is 1. The highest BCUT2D eigenvalue weighted by molar-refractivity contribution is 9.10. The maximum absolute atomic E-state index is 13.9. The van der Waals surface area contributed by atoms with E-state index < -0.39 is 5.41 Å². The Hall–Kier alpha value is -2.47. The summed E-state index contributed by atoms with van der Waals surface area (Å²) in [6, 6.07) is 12.7. The molecule has 2 heterocycles. The Kier molecular flexibility index (Phi) is 3.34. The van der Waals surface area contributed by atoms with Crippen molar-refractivity contribution in [2.24, 2.45) is 0 Å². The van der Waals surface area contributed by atoms with Crippen LogP contribution in [0.2, 0.25) is 0 Å². The highest BCUT2D eigenvalue weighted by Crippen LogP contribution is 2.54. The van der Waals surface area contributed by atoms with Gasteiger partial charge >= 0.3 is 0 Å². The summed E-state index contributed by atoms with van der Waals surface area (Å²) >= 11 is 3.24. The molecule has 1 aromatic heterocycles. The van der Waals surface area contributed by atoms with Gasteiger partial charge < -0.3 is 10.1 Å². The summed E-state index contributed by atoms with van der Waals surface area (Å²) in [7, 11) is 0. The largest absolute Gasteiger partial charge is 0.490 e. The SMILES string of the molecule is O=C1Nc2cnc3cc(F)c(Br)cc3c2C12CC(Oc1ccccc1)C2. The zero-order valence-corrected chi connectivity index (χ0v) is 15.2. The molecule has 0 saturated heterocycles. The van der Waals surface area contributed by atoms with Crippen LogP contribution in [0.4, 0.5) is 10.1 Å². The van der Waals surface area contributed by atoms with E-state index >= 15 is 0 Å². The van der Waals surface area contributed by atoms with Gasteiger partial charge in [-0.25, -0.2) is 4.39 Å². The van der Waals surface area contributed by atoms with Crippen molar-refractivity contribution in [3.8, 4) is 5.75 Å². The van der Waals surface area contributed by atoms with Gasteiger partial charge in [0, 0.05) is 29.9 Å². The van der Waals surface area contributed by atoms with Crippen LogP contribution < -0.4 is 10.1 Å². The van der Waals surface area contributed by atoms with Crippen LogP contribution in [0.25, 0.3) is 10.9 Å². The zero-order chi connectivity index (χ0) is 17.9. The molecular formula is C20H14BrFN2O2. The van der Waals surface area contributed by atoms with Gasteiger partial charge in [0.25, 0.3) is 0 Å². The molecule has 0 unspecified atom stereocenters. The topological polar surface area (TPSA) is 51.2 Å². The molecule has 2 aliphatic rings. The molecule has 1 aliphatic heterocycles. The third kappa shape index (κ3) is 2.18. The number of ether oxygens (including phenoxy) is 1. The number of amides is 1. The highest BCUT2D eigenvalue weighted by Gasteiger charge is 2.57. The van der Waals surface area contributed by atoms with E-state index in [1.807, 2.05) is 30.3 Å². The van der Waals surface area contributed by atoms with Crippen LogP contribution in [0, 0.1) is 5.82 Å². The second kappa shape index (κ2) is 5.51. The van der Waals surface area contributed by atoms with Crippen LogP contribution in [0.3, 0.4) is 0 Å². The number of hydrogen-bond donors (Lipinski definition) is 1. The normalized spacial score (nSPS) is 23.6. The first kappa shape index (κ1) is 15.8. The van der Waals surface area contributed by atoms with Gasteiger partial charge in [0.2, 0.25) is 5.91 Å². The number of halogens is 2. The Balaban J connectivity index is 1.54. The Morgan fingerprint density at radius 2 is 2.00 bits per heavy atom. The van der Waals surface area contributed by atoms with E-state index in [9.17, 15) is 9.18 Å². The van der Waals surface area contributed by atoms with E-state index in [0.29, 0.717) is 28.5 Å². The van der Waals surface area contributed by atoms with Gasteiger partial charge in [-0.3, -0.25) is 9.78 Å². The minimum atomic E-state index is -0.632. The number of para-hydroxylation sites is 1. The van der Waals surface area contributed by atoms with Crippen LogP contribution in [0.5, 0.6) is 5.75 Å². The number of hydrogen-bond acceptors (Lipinski definition) is 3. The number of nitrogens with one attached hydrogen (secondary N) is 1. The molecule has 2 aromatic carbocycles. The highest BCUT2D eigenvalue weighted by atomic mass is 79.9. The van der Waals surface area contributed by atoms with Crippen LogP contribution in [-0.4, -0.2) is 17.0 Å². The van der Waals surface area contributed by atoms with E-state index in [1.54, 1.807) is 12.3 Å². The Bertz CT molecular complexity index is 1050. The number of carbonyl (C=O) groups excluding carboxylic acids is 1. The van der Waals surface area contributed by atoms with E-state index in [0.717, 1.165) is 16.7 Å². The molecule has 1 amide bonds. The van der Waals surface area contributed by atoms with Crippen molar-refractivity contribution in [3.63, 3.8) is 0 Å². The van der Waals surface area contributed by atoms with E-state index in [1.165, 1.54) is 6.07 Å². The summed E-state index contributed by atoms with van der Waals surface area (Å²) in [5, 5.41) is 3.73. The minimum absolute atomic E-state index is 0.0267. The summed E-state index contributed by atoms with van der Waals surface area (Å²) in [4.78, 5) is 17.0. The number of nitrogens with zero attached hydrogens (tertiary/aromatic N) is 1. The number of anilines is 1. The number of rotatable bonds is 2. The van der Waals surface area contributed by atoms with E-state index in [2.05, 4.69) is 26.2 Å². The average molecular weight is 413 g/mol.